The van der Waals surface area contributed by atoms with Crippen LogP contribution in [0.1, 0.15) is 16.9 Å². The number of halogens is 1. The highest BCUT2D eigenvalue weighted by molar-refractivity contribution is 8.18. The first-order chi connectivity index (χ1) is 23.0. The molecule has 16 heteroatoms. The van der Waals surface area contributed by atoms with Gasteiger partial charge in [0.05, 0.1) is 43.0 Å². The van der Waals surface area contributed by atoms with E-state index >= 15 is 0 Å². The number of amides is 2. The van der Waals surface area contributed by atoms with Crippen molar-refractivity contribution in [3.05, 3.63) is 106 Å². The van der Waals surface area contributed by atoms with Crippen LogP contribution in [0, 0.1) is 0 Å². The number of ether oxygens (including phenoxy) is 3. The van der Waals surface area contributed by atoms with Crippen molar-refractivity contribution in [3.8, 4) is 17.2 Å². The predicted molar refractivity (Wildman–Crippen MR) is 183 cm³/mol. The lowest BCUT2D eigenvalue weighted by atomic mass is 10.2. The van der Waals surface area contributed by atoms with Gasteiger partial charge in [0.2, 0.25) is 10.0 Å². The summed E-state index contributed by atoms with van der Waals surface area (Å²) in [5, 5.41) is 17.0. The Morgan fingerprint density at radius 1 is 1.04 bits per heavy atom. The van der Waals surface area contributed by atoms with Crippen molar-refractivity contribution in [2.45, 2.75) is 11.4 Å². The van der Waals surface area contributed by atoms with Gasteiger partial charge < -0.3 is 23.9 Å². The average molecular weight is 710 g/mol. The lowest BCUT2D eigenvalue weighted by Gasteiger charge is -2.13. The molecule has 0 saturated carbocycles. The van der Waals surface area contributed by atoms with Crippen LogP contribution in [0.3, 0.4) is 0 Å². The van der Waals surface area contributed by atoms with Crippen molar-refractivity contribution in [2.24, 2.45) is 15.3 Å². The van der Waals surface area contributed by atoms with Gasteiger partial charge in [-0.05, 0) is 96.2 Å². The van der Waals surface area contributed by atoms with Crippen LogP contribution in [0.25, 0.3) is 6.08 Å². The van der Waals surface area contributed by atoms with Crippen LogP contribution < -0.4 is 24.7 Å². The molecule has 3 aromatic carbocycles. The molecule has 0 radical (unpaired) electrons. The monoisotopic (exact) mass is 709 g/mol. The number of hydrogen-bond donors (Lipinski definition) is 2. The van der Waals surface area contributed by atoms with Gasteiger partial charge in [-0.2, -0.15) is 5.10 Å². The number of rotatable bonds is 12. The number of thioether (sulfide) groups is 1. The fraction of sp³-hybridized carbons (Fsp3) is 0.125. The minimum absolute atomic E-state index is 0.0874. The Hall–Kier alpha value is -5.09. The van der Waals surface area contributed by atoms with E-state index in [1.54, 1.807) is 61.7 Å². The maximum atomic E-state index is 13.6. The molecular weight excluding hydrogens is 682 g/mol. The molecule has 13 nitrogen and oxygen atoms in total. The third-order valence-electron chi connectivity index (χ3n) is 6.62. The Morgan fingerprint density at radius 2 is 1.79 bits per heavy atom. The van der Waals surface area contributed by atoms with E-state index in [1.807, 2.05) is 0 Å². The molecule has 1 saturated heterocycles. The summed E-state index contributed by atoms with van der Waals surface area (Å²) < 4.78 is 44.8. The number of sulfonamides is 1. The van der Waals surface area contributed by atoms with Crippen LogP contribution in [0.15, 0.2) is 103 Å². The number of anilines is 1. The Bertz CT molecular complexity index is 2010. The molecule has 0 spiro atoms. The number of carbonyl (C=O) groups excluding carboxylic acids is 2. The fourth-order valence-corrected chi connectivity index (χ4v) is 5.95. The largest absolute Gasteiger partial charge is 0.493 e. The third-order valence-corrected chi connectivity index (χ3v) is 8.78. The Morgan fingerprint density at radius 3 is 2.48 bits per heavy atom. The number of benzene rings is 3. The van der Waals surface area contributed by atoms with Gasteiger partial charge in [-0.15, -0.1) is 5.10 Å². The molecule has 248 valence electrons. The first kappa shape index (κ1) is 34.3. The number of furan rings is 1. The predicted octanol–water partition coefficient (Wildman–Crippen LogP) is 5.12. The number of hydrogen-bond acceptors (Lipinski definition) is 11. The Kier molecular flexibility index (Phi) is 10.9. The van der Waals surface area contributed by atoms with E-state index in [0.29, 0.717) is 49.2 Å². The molecule has 3 N–H and O–H groups in total. The standard InChI is InChI=1S/C32H28ClN5O8S2/c1-43-27-11-5-20(14-28(27)44-2)17-35-37-32-38(18-24-4-3-13-45-24)31(40)29(47-32)16-21-15-22(33)6-12-26(21)46-19-30(39)36-23-7-9-25(10-8-23)48(34,41)42/h3-17H,18-19H2,1-2H3,(H,36,39)(H2,34,41,42)/b29-16-,35-17-,37-32+. The number of nitrogens with one attached hydrogen (secondary N) is 1. The highest BCUT2D eigenvalue weighted by atomic mass is 35.5. The van der Waals surface area contributed by atoms with Crippen molar-refractivity contribution >= 4 is 68.3 Å². The van der Waals surface area contributed by atoms with Gasteiger partial charge in [0.25, 0.3) is 11.8 Å². The number of methoxy groups -OCH3 is 2. The lowest BCUT2D eigenvalue weighted by molar-refractivity contribution is -0.122. The molecule has 5 rings (SSSR count). The second-order valence-electron chi connectivity index (χ2n) is 9.91. The molecule has 48 heavy (non-hydrogen) atoms. The number of nitrogens with two attached hydrogens (primary N) is 1. The van der Waals surface area contributed by atoms with Gasteiger partial charge in [-0.1, -0.05) is 11.6 Å². The summed E-state index contributed by atoms with van der Waals surface area (Å²) in [5.41, 5.74) is 1.49. The van der Waals surface area contributed by atoms with Gasteiger partial charge in [0.1, 0.15) is 11.5 Å². The maximum absolute atomic E-state index is 13.6. The van der Waals surface area contributed by atoms with Crippen LogP contribution in [-0.2, 0) is 26.2 Å². The van der Waals surface area contributed by atoms with Crippen LogP contribution in [-0.4, -0.2) is 57.3 Å². The van der Waals surface area contributed by atoms with E-state index in [9.17, 15) is 18.0 Å². The summed E-state index contributed by atoms with van der Waals surface area (Å²) in [6.07, 6.45) is 4.63. The quantitative estimate of drug-likeness (QED) is 0.115. The molecule has 4 aromatic rings. The molecular formula is C32H28ClN5O8S2. The second kappa shape index (κ2) is 15.2. The lowest BCUT2D eigenvalue weighted by Crippen LogP contribution is -2.28. The van der Waals surface area contributed by atoms with Crippen molar-refractivity contribution in [2.75, 3.05) is 26.1 Å². The number of nitrogens with zero attached hydrogens (tertiary/aromatic N) is 3. The van der Waals surface area contributed by atoms with E-state index in [-0.39, 0.29) is 23.1 Å². The minimum Gasteiger partial charge on any atom is -0.493 e. The smallest absolute Gasteiger partial charge is 0.267 e. The number of primary sulfonamides is 1. The molecule has 0 atom stereocenters. The van der Waals surface area contributed by atoms with E-state index in [4.69, 9.17) is 35.4 Å². The van der Waals surface area contributed by atoms with Crippen molar-refractivity contribution in [1.82, 2.24) is 4.90 Å². The number of amidine groups is 1. The minimum atomic E-state index is -3.87. The first-order valence-electron chi connectivity index (χ1n) is 14.0. The average Bonchev–Trinajstić information content (AvgIpc) is 3.68. The molecule has 1 aliphatic heterocycles. The Labute approximate surface area is 285 Å². The third kappa shape index (κ3) is 8.63. The molecule has 0 bridgehead atoms. The summed E-state index contributed by atoms with van der Waals surface area (Å²) in [6.45, 7) is -0.282. The maximum Gasteiger partial charge on any atom is 0.267 e. The number of carbonyl (C=O) groups is 2. The summed E-state index contributed by atoms with van der Waals surface area (Å²) in [6, 6.07) is 18.9. The summed E-state index contributed by atoms with van der Waals surface area (Å²) in [7, 11) is -0.789. The van der Waals surface area contributed by atoms with Crippen molar-refractivity contribution in [3.63, 3.8) is 0 Å². The van der Waals surface area contributed by atoms with Crippen molar-refractivity contribution < 1.29 is 36.6 Å². The second-order valence-corrected chi connectivity index (χ2v) is 12.9. The molecule has 0 unspecified atom stereocenters. The van der Waals surface area contributed by atoms with E-state index in [1.165, 1.54) is 48.8 Å². The Balaban J connectivity index is 1.35. The highest BCUT2D eigenvalue weighted by Crippen LogP contribution is 2.36. The zero-order valence-corrected chi connectivity index (χ0v) is 27.8. The van der Waals surface area contributed by atoms with Crippen LogP contribution in [0.2, 0.25) is 5.02 Å². The summed E-state index contributed by atoms with van der Waals surface area (Å²) in [5.74, 6) is 1.06. The van der Waals surface area contributed by atoms with Gasteiger partial charge in [0.15, 0.2) is 23.3 Å². The molecule has 1 fully saturated rings. The molecule has 2 heterocycles. The summed E-state index contributed by atoms with van der Waals surface area (Å²) in [4.78, 5) is 27.9. The molecule has 1 aliphatic rings. The zero-order valence-electron chi connectivity index (χ0n) is 25.5. The molecule has 2 amide bonds. The highest BCUT2D eigenvalue weighted by Gasteiger charge is 2.34. The fourth-order valence-electron chi connectivity index (χ4n) is 4.33. The van der Waals surface area contributed by atoms with Crippen molar-refractivity contribution in [1.29, 1.82) is 0 Å². The van der Waals surface area contributed by atoms with Crippen LogP contribution in [0.5, 0.6) is 17.2 Å². The van der Waals surface area contributed by atoms with Crippen LogP contribution >= 0.6 is 23.4 Å². The topological polar surface area (TPSA) is 175 Å². The van der Waals surface area contributed by atoms with Gasteiger partial charge in [0, 0.05) is 16.3 Å². The first-order valence-corrected chi connectivity index (χ1v) is 16.7. The van der Waals surface area contributed by atoms with Gasteiger partial charge in [-0.25, -0.2) is 13.6 Å². The normalized spacial score (nSPS) is 15.0. The SMILES string of the molecule is COc1ccc(/C=N\N=C2\S/C(=C\c3cc(Cl)ccc3OCC(=O)Nc3ccc(S(N)(=O)=O)cc3)C(=O)N2Cc2ccco2)cc1OC. The van der Waals surface area contributed by atoms with E-state index in [2.05, 4.69) is 15.5 Å². The molecule has 0 aliphatic carbocycles. The van der Waals surface area contributed by atoms with E-state index in [0.717, 1.165) is 11.8 Å². The summed E-state index contributed by atoms with van der Waals surface area (Å²) >= 11 is 7.38. The zero-order chi connectivity index (χ0) is 34.3. The van der Waals surface area contributed by atoms with Gasteiger partial charge >= 0.3 is 0 Å². The van der Waals surface area contributed by atoms with E-state index < -0.39 is 22.5 Å². The van der Waals surface area contributed by atoms with Crippen LogP contribution in [0.4, 0.5) is 5.69 Å². The van der Waals surface area contributed by atoms with Gasteiger partial charge in [-0.3, -0.25) is 14.5 Å². The molecule has 1 aromatic heterocycles.